The molecule has 0 atom stereocenters. The Labute approximate surface area is 178 Å². The molecule has 0 saturated carbocycles. The zero-order valence-electron chi connectivity index (χ0n) is 17.9. The number of carbonyl (C=O) groups excluding carboxylic acids is 1. The molecule has 2 aromatic rings. The molecule has 0 spiro atoms. The van der Waals surface area contributed by atoms with Gasteiger partial charge in [0, 0.05) is 11.4 Å². The van der Waals surface area contributed by atoms with Crippen LogP contribution in [0, 0.1) is 34.6 Å². The van der Waals surface area contributed by atoms with Crippen molar-refractivity contribution in [2.45, 2.75) is 57.4 Å². The summed E-state index contributed by atoms with van der Waals surface area (Å²) in [7, 11) is -3.71. The summed E-state index contributed by atoms with van der Waals surface area (Å²) in [5.74, 6) is -0.439. The van der Waals surface area contributed by atoms with Crippen molar-refractivity contribution in [3.05, 3.63) is 57.6 Å². The van der Waals surface area contributed by atoms with Gasteiger partial charge in [0.15, 0.2) is 0 Å². The van der Waals surface area contributed by atoms with Crippen LogP contribution >= 0.6 is 11.8 Å². The molecular weight excluding hydrogens is 406 g/mol. The first-order valence-corrected chi connectivity index (χ1v) is 12.1. The van der Waals surface area contributed by atoms with Crippen molar-refractivity contribution < 1.29 is 17.9 Å². The minimum absolute atomic E-state index is 0.00255. The number of hydrogen-bond donors (Lipinski definition) is 1. The third kappa shape index (κ3) is 5.62. The second-order valence-electron chi connectivity index (χ2n) is 7.11. The van der Waals surface area contributed by atoms with Gasteiger partial charge in [-0.25, -0.2) is 13.1 Å². The molecule has 0 saturated heterocycles. The van der Waals surface area contributed by atoms with Crippen LogP contribution in [0.2, 0.25) is 0 Å². The lowest BCUT2D eigenvalue weighted by Crippen LogP contribution is -2.28. The third-order valence-electron chi connectivity index (χ3n) is 5.38. The average molecular weight is 436 g/mol. The highest BCUT2D eigenvalue weighted by molar-refractivity contribution is 7.98. The molecule has 0 aliphatic heterocycles. The third-order valence-corrected chi connectivity index (χ3v) is 7.86. The first-order chi connectivity index (χ1) is 13.6. The fourth-order valence-electron chi connectivity index (χ4n) is 3.19. The predicted octanol–water partition coefficient (Wildman–Crippen LogP) is 4.36. The zero-order chi connectivity index (χ0) is 21.8. The SMILES string of the molecule is CSc1ccc(COC(=O)CCNS(=O)(=O)c2c(C)c(C)c(C)c(C)c2C)cc1. The Bertz CT molecular complexity index is 967. The van der Waals surface area contributed by atoms with Crippen LogP contribution in [0.15, 0.2) is 34.1 Å². The maximum atomic E-state index is 12.8. The highest BCUT2D eigenvalue weighted by Gasteiger charge is 2.23. The monoisotopic (exact) mass is 435 g/mol. The molecule has 158 valence electrons. The lowest BCUT2D eigenvalue weighted by molar-refractivity contribution is -0.144. The fraction of sp³-hybridized carbons (Fsp3) is 0.409. The second-order valence-corrected chi connectivity index (χ2v) is 9.69. The normalized spacial score (nSPS) is 11.5. The summed E-state index contributed by atoms with van der Waals surface area (Å²) < 4.78 is 33.5. The van der Waals surface area contributed by atoms with Crippen molar-refractivity contribution in [1.82, 2.24) is 4.72 Å². The molecular formula is C22H29NO4S2. The van der Waals surface area contributed by atoms with Gasteiger partial charge >= 0.3 is 5.97 Å². The van der Waals surface area contributed by atoms with Crippen molar-refractivity contribution in [3.63, 3.8) is 0 Å². The molecule has 0 fully saturated rings. The summed E-state index contributed by atoms with van der Waals surface area (Å²) in [6, 6.07) is 7.77. The van der Waals surface area contributed by atoms with Crippen LogP contribution in [0.3, 0.4) is 0 Å². The van der Waals surface area contributed by atoms with E-state index < -0.39 is 16.0 Å². The maximum Gasteiger partial charge on any atom is 0.307 e. The van der Waals surface area contributed by atoms with Crippen LogP contribution in [0.25, 0.3) is 0 Å². The first-order valence-electron chi connectivity index (χ1n) is 9.43. The zero-order valence-corrected chi connectivity index (χ0v) is 19.5. The Morgan fingerprint density at radius 3 is 1.97 bits per heavy atom. The van der Waals surface area contributed by atoms with E-state index in [1.807, 2.05) is 65.1 Å². The second kappa shape index (κ2) is 9.78. The number of hydrogen-bond acceptors (Lipinski definition) is 5. The summed E-state index contributed by atoms with van der Waals surface area (Å²) in [5.41, 5.74) is 5.44. The molecule has 0 aliphatic rings. The minimum atomic E-state index is -3.71. The van der Waals surface area contributed by atoms with Gasteiger partial charge < -0.3 is 4.74 Å². The van der Waals surface area contributed by atoms with Crippen LogP contribution in [-0.4, -0.2) is 27.2 Å². The van der Waals surface area contributed by atoms with Gasteiger partial charge in [-0.15, -0.1) is 11.8 Å². The smallest absolute Gasteiger partial charge is 0.307 e. The molecule has 0 aromatic heterocycles. The van der Waals surface area contributed by atoms with E-state index in [0.29, 0.717) is 4.90 Å². The van der Waals surface area contributed by atoms with Gasteiger partial charge in [0.2, 0.25) is 10.0 Å². The molecule has 1 N–H and O–H groups in total. The summed E-state index contributed by atoms with van der Waals surface area (Å²) in [6.07, 6.45) is 1.97. The maximum absolute atomic E-state index is 12.8. The standard InChI is InChI=1S/C22H29NO4S2/c1-14-15(2)17(4)22(18(5)16(14)3)29(25,26)23-12-11-21(24)27-13-19-7-9-20(28-6)10-8-19/h7-10,23H,11-13H2,1-6H3. The number of ether oxygens (including phenoxy) is 1. The van der Waals surface area contributed by atoms with Gasteiger partial charge in [0.05, 0.1) is 11.3 Å². The quantitative estimate of drug-likeness (QED) is 0.493. The highest BCUT2D eigenvalue weighted by Crippen LogP contribution is 2.29. The van der Waals surface area contributed by atoms with Gasteiger partial charge in [-0.3, -0.25) is 4.79 Å². The van der Waals surface area contributed by atoms with Crippen LogP contribution in [0.1, 0.15) is 39.8 Å². The number of benzene rings is 2. The highest BCUT2D eigenvalue weighted by atomic mass is 32.2. The summed E-state index contributed by atoms with van der Waals surface area (Å²) >= 11 is 1.64. The van der Waals surface area contributed by atoms with E-state index in [2.05, 4.69) is 4.72 Å². The van der Waals surface area contributed by atoms with Crippen molar-refractivity contribution in [1.29, 1.82) is 0 Å². The van der Waals surface area contributed by atoms with E-state index in [4.69, 9.17) is 4.74 Å². The van der Waals surface area contributed by atoms with Crippen molar-refractivity contribution in [2.75, 3.05) is 12.8 Å². The molecule has 2 aromatic carbocycles. The van der Waals surface area contributed by atoms with Crippen LogP contribution in [0.5, 0.6) is 0 Å². The first kappa shape index (κ1) is 23.4. The summed E-state index contributed by atoms with van der Waals surface area (Å²) in [5, 5.41) is 0. The molecule has 2 rings (SSSR count). The molecule has 0 radical (unpaired) electrons. The van der Waals surface area contributed by atoms with E-state index in [-0.39, 0.29) is 19.6 Å². The average Bonchev–Trinajstić information content (AvgIpc) is 2.69. The van der Waals surface area contributed by atoms with Crippen molar-refractivity contribution in [2.24, 2.45) is 0 Å². The molecule has 0 aliphatic carbocycles. The van der Waals surface area contributed by atoms with Crippen LogP contribution < -0.4 is 4.72 Å². The summed E-state index contributed by atoms with van der Waals surface area (Å²) in [4.78, 5) is 13.4. The Kier molecular flexibility index (Phi) is 7.91. The van der Waals surface area contributed by atoms with Crippen LogP contribution in [0.4, 0.5) is 0 Å². The van der Waals surface area contributed by atoms with Crippen molar-refractivity contribution in [3.8, 4) is 0 Å². The number of carbonyl (C=O) groups is 1. The number of sulfonamides is 1. The number of nitrogens with one attached hydrogen (secondary N) is 1. The topological polar surface area (TPSA) is 72.5 Å². The van der Waals surface area contributed by atoms with Gasteiger partial charge in [-0.2, -0.15) is 0 Å². The van der Waals surface area contributed by atoms with Crippen LogP contribution in [-0.2, 0) is 26.2 Å². The number of rotatable bonds is 8. The lowest BCUT2D eigenvalue weighted by Gasteiger charge is -2.19. The van der Waals surface area contributed by atoms with E-state index in [1.165, 1.54) is 0 Å². The lowest BCUT2D eigenvalue weighted by atomic mass is 9.95. The number of thioether (sulfide) groups is 1. The van der Waals surface area contributed by atoms with E-state index in [1.54, 1.807) is 11.8 Å². The van der Waals surface area contributed by atoms with Crippen molar-refractivity contribution >= 4 is 27.8 Å². The summed E-state index contributed by atoms with van der Waals surface area (Å²) in [6.45, 7) is 9.67. The Morgan fingerprint density at radius 2 is 1.45 bits per heavy atom. The number of esters is 1. The predicted molar refractivity (Wildman–Crippen MR) is 118 cm³/mol. The molecule has 5 nitrogen and oxygen atoms in total. The molecule has 0 unspecified atom stereocenters. The van der Waals surface area contributed by atoms with E-state index >= 15 is 0 Å². The molecule has 29 heavy (non-hydrogen) atoms. The van der Waals surface area contributed by atoms with Gasteiger partial charge in [0.25, 0.3) is 0 Å². The largest absolute Gasteiger partial charge is 0.461 e. The van der Waals surface area contributed by atoms with Gasteiger partial charge in [-0.1, -0.05) is 12.1 Å². The Balaban J connectivity index is 1.96. The molecule has 0 heterocycles. The molecule has 0 amide bonds. The van der Waals surface area contributed by atoms with E-state index in [9.17, 15) is 13.2 Å². The Hall–Kier alpha value is -1.83. The molecule has 0 bridgehead atoms. The Morgan fingerprint density at radius 1 is 0.931 bits per heavy atom. The minimum Gasteiger partial charge on any atom is -0.461 e. The fourth-order valence-corrected chi connectivity index (χ4v) is 5.22. The molecule has 7 heteroatoms. The van der Waals surface area contributed by atoms with Gasteiger partial charge in [-0.05, 0) is 86.4 Å². The van der Waals surface area contributed by atoms with E-state index in [0.717, 1.165) is 38.3 Å². The van der Waals surface area contributed by atoms with Gasteiger partial charge in [0.1, 0.15) is 6.61 Å².